The first-order chi connectivity index (χ1) is 10.1. The van der Waals surface area contributed by atoms with E-state index in [2.05, 4.69) is 25.0 Å². The summed E-state index contributed by atoms with van der Waals surface area (Å²) in [5.41, 5.74) is 7.37. The molecule has 1 aliphatic rings. The standard InChI is InChI=1S/C16H21N3OS/c1-11(2)19-8-7-12(18-19)9-13(17)15-10-21-16-6-4-3-5-14(16)20-15/h3-8,11,13,15H,9-10,17H2,1-2H3. The van der Waals surface area contributed by atoms with Crippen molar-refractivity contribution in [3.8, 4) is 5.75 Å². The predicted octanol–water partition coefficient (Wildman–Crippen LogP) is 2.89. The van der Waals surface area contributed by atoms with Crippen molar-refractivity contribution in [2.75, 3.05) is 5.75 Å². The molecule has 0 spiro atoms. The number of thioether (sulfide) groups is 1. The van der Waals surface area contributed by atoms with E-state index in [1.807, 2.05) is 46.9 Å². The van der Waals surface area contributed by atoms with Crippen LogP contribution in [0.3, 0.4) is 0 Å². The maximum atomic E-state index is 6.34. The van der Waals surface area contributed by atoms with Gasteiger partial charge in [0.2, 0.25) is 0 Å². The van der Waals surface area contributed by atoms with Crippen molar-refractivity contribution in [3.05, 3.63) is 42.2 Å². The Morgan fingerprint density at radius 3 is 2.95 bits per heavy atom. The molecule has 0 radical (unpaired) electrons. The van der Waals surface area contributed by atoms with Gasteiger partial charge in [0.25, 0.3) is 0 Å². The molecule has 112 valence electrons. The molecule has 1 aliphatic heterocycles. The Kier molecular flexibility index (Phi) is 4.22. The van der Waals surface area contributed by atoms with Gasteiger partial charge in [0, 0.05) is 35.3 Å². The lowest BCUT2D eigenvalue weighted by atomic mass is 10.1. The van der Waals surface area contributed by atoms with E-state index in [-0.39, 0.29) is 12.1 Å². The van der Waals surface area contributed by atoms with Crippen molar-refractivity contribution < 1.29 is 4.74 Å². The van der Waals surface area contributed by atoms with Gasteiger partial charge in [-0.3, -0.25) is 4.68 Å². The molecule has 2 aromatic rings. The highest BCUT2D eigenvalue weighted by Gasteiger charge is 2.26. The van der Waals surface area contributed by atoms with Crippen LogP contribution in [0, 0.1) is 0 Å². The average Bonchev–Trinajstić information content (AvgIpc) is 2.95. The molecule has 2 N–H and O–H groups in total. The SMILES string of the molecule is CC(C)n1ccc(CC(N)C2CSc3ccccc3O2)n1. The third kappa shape index (κ3) is 3.24. The smallest absolute Gasteiger partial charge is 0.133 e. The molecule has 5 heteroatoms. The van der Waals surface area contributed by atoms with Gasteiger partial charge >= 0.3 is 0 Å². The largest absolute Gasteiger partial charge is 0.487 e. The third-order valence-electron chi connectivity index (χ3n) is 3.65. The fourth-order valence-corrected chi connectivity index (χ4v) is 3.49. The van der Waals surface area contributed by atoms with Gasteiger partial charge in [0.15, 0.2) is 0 Å². The first-order valence-corrected chi connectivity index (χ1v) is 8.30. The van der Waals surface area contributed by atoms with Crippen LogP contribution < -0.4 is 10.5 Å². The molecule has 0 amide bonds. The summed E-state index contributed by atoms with van der Waals surface area (Å²) in [5, 5.41) is 4.56. The van der Waals surface area contributed by atoms with Gasteiger partial charge in [0.05, 0.1) is 5.69 Å². The zero-order chi connectivity index (χ0) is 14.8. The number of fused-ring (bicyclic) bond motifs is 1. The fraction of sp³-hybridized carbons (Fsp3) is 0.438. The summed E-state index contributed by atoms with van der Waals surface area (Å²) in [7, 11) is 0. The van der Waals surface area contributed by atoms with Crippen LogP contribution in [0.2, 0.25) is 0 Å². The van der Waals surface area contributed by atoms with Gasteiger partial charge in [-0.15, -0.1) is 11.8 Å². The number of nitrogens with zero attached hydrogens (tertiary/aromatic N) is 2. The van der Waals surface area contributed by atoms with Crippen LogP contribution in [0.4, 0.5) is 0 Å². The van der Waals surface area contributed by atoms with E-state index >= 15 is 0 Å². The van der Waals surface area contributed by atoms with E-state index in [4.69, 9.17) is 10.5 Å². The van der Waals surface area contributed by atoms with Crippen LogP contribution in [-0.4, -0.2) is 27.7 Å². The Hall–Kier alpha value is -1.46. The average molecular weight is 303 g/mol. The first-order valence-electron chi connectivity index (χ1n) is 7.31. The maximum Gasteiger partial charge on any atom is 0.133 e. The zero-order valence-corrected chi connectivity index (χ0v) is 13.2. The molecular weight excluding hydrogens is 282 g/mol. The molecule has 0 saturated heterocycles. The van der Waals surface area contributed by atoms with E-state index in [1.165, 1.54) is 4.90 Å². The van der Waals surface area contributed by atoms with E-state index in [9.17, 15) is 0 Å². The Bertz CT molecular complexity index is 611. The number of nitrogens with two attached hydrogens (primary N) is 1. The van der Waals surface area contributed by atoms with Crippen LogP contribution in [-0.2, 0) is 6.42 Å². The van der Waals surface area contributed by atoms with Gasteiger partial charge in [-0.05, 0) is 32.0 Å². The number of hydrogen-bond acceptors (Lipinski definition) is 4. The second-order valence-corrected chi connectivity index (χ2v) is 6.72. The van der Waals surface area contributed by atoms with E-state index in [0.29, 0.717) is 6.04 Å². The monoisotopic (exact) mass is 303 g/mol. The summed E-state index contributed by atoms with van der Waals surface area (Å²) in [6, 6.07) is 10.5. The number of ether oxygens (including phenoxy) is 1. The van der Waals surface area contributed by atoms with E-state index < -0.39 is 0 Å². The molecule has 2 heterocycles. The number of aromatic nitrogens is 2. The Labute approximate surface area is 129 Å². The highest BCUT2D eigenvalue weighted by molar-refractivity contribution is 7.99. The second-order valence-electron chi connectivity index (χ2n) is 5.66. The molecule has 2 unspecified atom stereocenters. The van der Waals surface area contributed by atoms with Crippen LogP contribution in [0.1, 0.15) is 25.6 Å². The van der Waals surface area contributed by atoms with Gasteiger partial charge in [-0.2, -0.15) is 5.10 Å². The topological polar surface area (TPSA) is 53.1 Å². The van der Waals surface area contributed by atoms with Crippen LogP contribution in [0.5, 0.6) is 5.75 Å². The summed E-state index contributed by atoms with van der Waals surface area (Å²) in [4.78, 5) is 1.20. The lowest BCUT2D eigenvalue weighted by Crippen LogP contribution is -2.43. The van der Waals surface area contributed by atoms with Crippen molar-refractivity contribution in [1.82, 2.24) is 9.78 Å². The highest BCUT2D eigenvalue weighted by atomic mass is 32.2. The molecule has 0 aliphatic carbocycles. The Morgan fingerprint density at radius 1 is 1.38 bits per heavy atom. The van der Waals surface area contributed by atoms with Gasteiger partial charge < -0.3 is 10.5 Å². The number of rotatable bonds is 4. The molecule has 4 nitrogen and oxygen atoms in total. The molecule has 1 aromatic carbocycles. The third-order valence-corrected chi connectivity index (χ3v) is 4.79. The minimum Gasteiger partial charge on any atom is -0.487 e. The van der Waals surface area contributed by atoms with Gasteiger partial charge in [-0.25, -0.2) is 0 Å². The highest BCUT2D eigenvalue weighted by Crippen LogP contribution is 2.35. The lowest BCUT2D eigenvalue weighted by Gasteiger charge is -2.29. The van der Waals surface area contributed by atoms with Crippen molar-refractivity contribution in [2.24, 2.45) is 5.73 Å². The quantitative estimate of drug-likeness (QED) is 0.943. The molecule has 0 fully saturated rings. The molecule has 21 heavy (non-hydrogen) atoms. The molecule has 1 aromatic heterocycles. The molecule has 2 atom stereocenters. The molecule has 0 saturated carbocycles. The number of benzene rings is 1. The first kappa shape index (κ1) is 14.5. The summed E-state index contributed by atoms with van der Waals surface area (Å²) >= 11 is 1.82. The van der Waals surface area contributed by atoms with Crippen LogP contribution in [0.15, 0.2) is 41.4 Å². The summed E-state index contributed by atoms with van der Waals surface area (Å²) in [6.45, 7) is 4.24. The molecule has 0 bridgehead atoms. The Morgan fingerprint density at radius 2 is 2.19 bits per heavy atom. The summed E-state index contributed by atoms with van der Waals surface area (Å²) in [6.07, 6.45) is 2.79. The van der Waals surface area contributed by atoms with Gasteiger partial charge in [-0.1, -0.05) is 12.1 Å². The van der Waals surface area contributed by atoms with Crippen molar-refractivity contribution in [3.63, 3.8) is 0 Å². The van der Waals surface area contributed by atoms with E-state index in [0.717, 1.165) is 23.6 Å². The van der Waals surface area contributed by atoms with Crippen molar-refractivity contribution >= 4 is 11.8 Å². The molecule has 3 rings (SSSR count). The van der Waals surface area contributed by atoms with Crippen LogP contribution >= 0.6 is 11.8 Å². The molecular formula is C16H21N3OS. The minimum atomic E-state index is -0.0404. The predicted molar refractivity (Wildman–Crippen MR) is 85.9 cm³/mol. The van der Waals surface area contributed by atoms with Crippen molar-refractivity contribution in [1.29, 1.82) is 0 Å². The maximum absolute atomic E-state index is 6.34. The van der Waals surface area contributed by atoms with E-state index in [1.54, 1.807) is 0 Å². The number of para-hydroxylation sites is 1. The normalized spacial score (nSPS) is 19.1. The minimum absolute atomic E-state index is 0.0362. The zero-order valence-electron chi connectivity index (χ0n) is 12.4. The fourth-order valence-electron chi connectivity index (χ4n) is 2.39. The summed E-state index contributed by atoms with van der Waals surface area (Å²) in [5.74, 6) is 1.84. The second kappa shape index (κ2) is 6.12. The van der Waals surface area contributed by atoms with Crippen LogP contribution in [0.25, 0.3) is 0 Å². The lowest BCUT2D eigenvalue weighted by molar-refractivity contribution is 0.183. The number of hydrogen-bond donors (Lipinski definition) is 1. The summed E-state index contributed by atoms with van der Waals surface area (Å²) < 4.78 is 8.01. The van der Waals surface area contributed by atoms with Crippen molar-refractivity contribution in [2.45, 2.75) is 43.4 Å². The Balaban J connectivity index is 1.65. The van der Waals surface area contributed by atoms with Gasteiger partial charge in [0.1, 0.15) is 11.9 Å².